The van der Waals surface area contributed by atoms with E-state index in [0.29, 0.717) is 17.3 Å². The molecular formula is C16H13FIN3O. The fourth-order valence-corrected chi connectivity index (χ4v) is 2.34. The van der Waals surface area contributed by atoms with Gasteiger partial charge >= 0.3 is 0 Å². The molecule has 2 aromatic carbocycles. The van der Waals surface area contributed by atoms with Gasteiger partial charge in [-0.15, -0.1) is 10.2 Å². The van der Waals surface area contributed by atoms with Gasteiger partial charge in [-0.3, -0.25) is 0 Å². The summed E-state index contributed by atoms with van der Waals surface area (Å²) in [5, 5.41) is 11.4. The number of hydrogen-bond donors (Lipinski definition) is 1. The third-order valence-corrected chi connectivity index (χ3v) is 3.85. The molecule has 1 N–H and O–H groups in total. The van der Waals surface area contributed by atoms with Crippen molar-refractivity contribution in [1.29, 1.82) is 0 Å². The molecule has 112 valence electrons. The van der Waals surface area contributed by atoms with Crippen LogP contribution >= 0.6 is 22.6 Å². The van der Waals surface area contributed by atoms with E-state index in [4.69, 9.17) is 4.42 Å². The van der Waals surface area contributed by atoms with Gasteiger partial charge in [0.05, 0.1) is 0 Å². The van der Waals surface area contributed by atoms with Gasteiger partial charge in [-0.05, 0) is 78.0 Å². The first-order chi connectivity index (χ1) is 10.6. The molecule has 3 rings (SSSR count). The summed E-state index contributed by atoms with van der Waals surface area (Å²) in [6.45, 7) is 1.94. The van der Waals surface area contributed by atoms with E-state index in [1.165, 1.54) is 15.7 Å². The zero-order valence-corrected chi connectivity index (χ0v) is 13.9. The average Bonchev–Trinajstić information content (AvgIpc) is 3.00. The van der Waals surface area contributed by atoms with E-state index < -0.39 is 0 Å². The van der Waals surface area contributed by atoms with E-state index in [0.717, 1.165) is 5.69 Å². The van der Waals surface area contributed by atoms with Gasteiger partial charge in [-0.2, -0.15) is 0 Å². The summed E-state index contributed by atoms with van der Waals surface area (Å²) in [5.41, 5.74) is 1.68. The molecule has 0 radical (unpaired) electrons. The Bertz CT molecular complexity index is 756. The zero-order valence-electron chi connectivity index (χ0n) is 11.8. The van der Waals surface area contributed by atoms with Gasteiger partial charge in [0.15, 0.2) is 0 Å². The van der Waals surface area contributed by atoms with Crippen LogP contribution in [0.3, 0.4) is 0 Å². The fraction of sp³-hybridized carbons (Fsp3) is 0.125. The number of rotatable bonds is 4. The maximum Gasteiger partial charge on any atom is 0.247 e. The van der Waals surface area contributed by atoms with Crippen LogP contribution in [0.2, 0.25) is 0 Å². The molecular weight excluding hydrogens is 396 g/mol. The smallest absolute Gasteiger partial charge is 0.247 e. The molecule has 0 saturated heterocycles. The van der Waals surface area contributed by atoms with Crippen LogP contribution in [0.25, 0.3) is 11.5 Å². The SMILES string of the molecule is C[C@@H](Nc1ccc(I)cc1)c1nnc(-c2ccc(F)cc2)o1. The Hall–Kier alpha value is -1.96. The molecule has 0 amide bonds. The zero-order chi connectivity index (χ0) is 15.5. The predicted molar refractivity (Wildman–Crippen MR) is 90.9 cm³/mol. The van der Waals surface area contributed by atoms with Gasteiger partial charge in [0.2, 0.25) is 11.8 Å². The molecule has 0 aliphatic heterocycles. The second kappa shape index (κ2) is 6.43. The van der Waals surface area contributed by atoms with Crippen LogP contribution in [0.5, 0.6) is 0 Å². The summed E-state index contributed by atoms with van der Waals surface area (Å²) < 4.78 is 19.8. The van der Waals surface area contributed by atoms with Crippen LogP contribution in [0.4, 0.5) is 10.1 Å². The van der Waals surface area contributed by atoms with Crippen LogP contribution < -0.4 is 5.32 Å². The maximum absolute atomic E-state index is 12.9. The largest absolute Gasteiger partial charge is 0.418 e. The number of anilines is 1. The molecule has 0 aliphatic carbocycles. The third-order valence-electron chi connectivity index (χ3n) is 3.13. The minimum atomic E-state index is -0.294. The lowest BCUT2D eigenvalue weighted by molar-refractivity contribution is 0.485. The quantitative estimate of drug-likeness (QED) is 0.638. The van der Waals surface area contributed by atoms with Crippen LogP contribution in [0, 0.1) is 9.39 Å². The van der Waals surface area contributed by atoms with Gasteiger partial charge in [-0.25, -0.2) is 4.39 Å². The number of nitrogens with zero attached hydrogens (tertiary/aromatic N) is 2. The fourth-order valence-electron chi connectivity index (χ4n) is 1.98. The van der Waals surface area contributed by atoms with Crippen molar-refractivity contribution in [3.8, 4) is 11.5 Å². The average molecular weight is 409 g/mol. The summed E-state index contributed by atoms with van der Waals surface area (Å²) in [6.07, 6.45) is 0. The second-order valence-corrected chi connectivity index (χ2v) is 6.07. The minimum absolute atomic E-state index is 0.123. The van der Waals surface area contributed by atoms with Gasteiger partial charge in [0, 0.05) is 14.8 Å². The highest BCUT2D eigenvalue weighted by atomic mass is 127. The number of nitrogens with one attached hydrogen (secondary N) is 1. The summed E-state index contributed by atoms with van der Waals surface area (Å²) in [7, 11) is 0. The normalized spacial score (nSPS) is 12.1. The lowest BCUT2D eigenvalue weighted by Crippen LogP contribution is -2.06. The molecule has 4 nitrogen and oxygen atoms in total. The highest BCUT2D eigenvalue weighted by Crippen LogP contribution is 2.23. The highest BCUT2D eigenvalue weighted by Gasteiger charge is 2.15. The van der Waals surface area contributed by atoms with E-state index in [1.807, 2.05) is 31.2 Å². The Kier molecular flexibility index (Phi) is 4.37. The van der Waals surface area contributed by atoms with Crippen LogP contribution in [0.1, 0.15) is 18.9 Å². The Morgan fingerprint density at radius 3 is 2.41 bits per heavy atom. The topological polar surface area (TPSA) is 51.0 Å². The van der Waals surface area contributed by atoms with Crippen molar-refractivity contribution in [2.45, 2.75) is 13.0 Å². The number of halogens is 2. The molecule has 0 bridgehead atoms. The van der Waals surface area contributed by atoms with Crippen molar-refractivity contribution in [3.05, 3.63) is 63.8 Å². The molecule has 0 fully saturated rings. The van der Waals surface area contributed by atoms with Crippen molar-refractivity contribution in [2.24, 2.45) is 0 Å². The van der Waals surface area contributed by atoms with Gasteiger partial charge in [-0.1, -0.05) is 0 Å². The molecule has 1 aromatic heterocycles. The summed E-state index contributed by atoms with van der Waals surface area (Å²) in [5.74, 6) is 0.571. The van der Waals surface area contributed by atoms with Crippen molar-refractivity contribution in [3.63, 3.8) is 0 Å². The van der Waals surface area contributed by atoms with Crippen molar-refractivity contribution < 1.29 is 8.81 Å². The second-order valence-electron chi connectivity index (χ2n) is 4.83. The van der Waals surface area contributed by atoms with Crippen molar-refractivity contribution in [2.75, 3.05) is 5.32 Å². The van der Waals surface area contributed by atoms with Gasteiger partial charge in [0.25, 0.3) is 0 Å². The standard InChI is InChI=1S/C16H13FIN3O/c1-10(19-14-8-6-13(18)7-9-14)15-20-21-16(22-15)11-2-4-12(17)5-3-11/h2-10,19H,1H3/t10-/m1/s1. The van der Waals surface area contributed by atoms with Crippen LogP contribution in [-0.4, -0.2) is 10.2 Å². The summed E-state index contributed by atoms with van der Waals surface area (Å²) >= 11 is 2.26. The Balaban J connectivity index is 1.75. The van der Waals surface area contributed by atoms with Gasteiger partial charge < -0.3 is 9.73 Å². The molecule has 6 heteroatoms. The van der Waals surface area contributed by atoms with Gasteiger partial charge in [0.1, 0.15) is 11.9 Å². The predicted octanol–water partition coefficient (Wildman–Crippen LogP) is 4.65. The van der Waals surface area contributed by atoms with Crippen molar-refractivity contribution >= 4 is 28.3 Å². The maximum atomic E-state index is 12.9. The molecule has 0 aliphatic rings. The van der Waals surface area contributed by atoms with E-state index >= 15 is 0 Å². The van der Waals surface area contributed by atoms with Crippen LogP contribution in [0.15, 0.2) is 52.9 Å². The lowest BCUT2D eigenvalue weighted by atomic mass is 10.2. The first kappa shape index (κ1) is 15.0. The Morgan fingerprint density at radius 2 is 1.73 bits per heavy atom. The van der Waals surface area contributed by atoms with Crippen molar-refractivity contribution in [1.82, 2.24) is 10.2 Å². The first-order valence-corrected chi connectivity index (χ1v) is 7.81. The summed E-state index contributed by atoms with van der Waals surface area (Å²) in [6, 6.07) is 13.9. The minimum Gasteiger partial charge on any atom is -0.418 e. The highest BCUT2D eigenvalue weighted by molar-refractivity contribution is 14.1. The van der Waals surface area contributed by atoms with E-state index in [2.05, 4.69) is 38.1 Å². The molecule has 1 heterocycles. The molecule has 1 atom stereocenters. The van der Waals surface area contributed by atoms with Crippen LogP contribution in [-0.2, 0) is 0 Å². The molecule has 3 aromatic rings. The van der Waals surface area contributed by atoms with E-state index in [-0.39, 0.29) is 11.9 Å². The van der Waals surface area contributed by atoms with E-state index in [1.54, 1.807) is 12.1 Å². The molecule has 0 unspecified atom stereocenters. The first-order valence-electron chi connectivity index (χ1n) is 6.73. The third kappa shape index (κ3) is 3.44. The molecule has 0 spiro atoms. The number of hydrogen-bond acceptors (Lipinski definition) is 4. The molecule has 22 heavy (non-hydrogen) atoms. The molecule has 0 saturated carbocycles. The Morgan fingerprint density at radius 1 is 1.05 bits per heavy atom. The lowest BCUT2D eigenvalue weighted by Gasteiger charge is -2.11. The summed E-state index contributed by atoms with van der Waals surface area (Å²) in [4.78, 5) is 0. The monoisotopic (exact) mass is 409 g/mol. The number of aromatic nitrogens is 2. The number of benzene rings is 2. The Labute approximate surface area is 140 Å². The van der Waals surface area contributed by atoms with E-state index in [9.17, 15) is 4.39 Å².